The van der Waals surface area contributed by atoms with Gasteiger partial charge in [0.15, 0.2) is 5.71 Å². The van der Waals surface area contributed by atoms with E-state index < -0.39 is 26.9 Å². The number of hydrogen-bond acceptors (Lipinski definition) is 12. The molecular weight excluding hydrogens is 885 g/mol. The number of carboxylic acid groups (broad SMARTS) is 1. The van der Waals surface area contributed by atoms with Gasteiger partial charge < -0.3 is 20.6 Å². The monoisotopic (exact) mass is 933 g/mol. The maximum absolute atomic E-state index is 13.1. The highest BCUT2D eigenvalue weighted by molar-refractivity contribution is 7.94. The van der Waals surface area contributed by atoms with Crippen LogP contribution in [0.3, 0.4) is 0 Å². The van der Waals surface area contributed by atoms with Crippen molar-refractivity contribution in [3.8, 4) is 0 Å². The molecule has 0 saturated heterocycles. The van der Waals surface area contributed by atoms with Crippen molar-refractivity contribution in [2.24, 2.45) is 0 Å². The average molecular weight is 934 g/mol. The molecule has 14 nitrogen and oxygen atoms in total. The zero-order valence-corrected chi connectivity index (χ0v) is 38.5. The maximum atomic E-state index is 13.1. The number of nitrogens with zero attached hydrogens (tertiary/aromatic N) is 2. The lowest BCUT2D eigenvalue weighted by Gasteiger charge is -2.31. The number of hydrogen-bond donors (Lipinski definition) is 6. The number of carboxylic acids is 1. The second-order valence-electron chi connectivity index (χ2n) is 17.0. The van der Waals surface area contributed by atoms with Gasteiger partial charge in [0, 0.05) is 92.6 Å². The lowest BCUT2D eigenvalue weighted by molar-refractivity contribution is -0.438. The van der Waals surface area contributed by atoms with Gasteiger partial charge in [0.1, 0.15) is 6.54 Å². The summed E-state index contributed by atoms with van der Waals surface area (Å²) in [6, 6.07) is 14.7. The van der Waals surface area contributed by atoms with Crippen LogP contribution in [0, 0.1) is 0 Å². The predicted molar refractivity (Wildman–Crippen MR) is 249 cm³/mol. The van der Waals surface area contributed by atoms with Crippen LogP contribution in [-0.2, 0) is 39.9 Å². The number of anilines is 3. The van der Waals surface area contributed by atoms with Gasteiger partial charge in [-0.1, -0.05) is 37.5 Å². The summed E-state index contributed by atoms with van der Waals surface area (Å²) in [5.41, 5.74) is 6.16. The van der Waals surface area contributed by atoms with Gasteiger partial charge in [-0.05, 0) is 99.7 Å². The average Bonchev–Trinajstić information content (AvgIpc) is 3.56. The van der Waals surface area contributed by atoms with Crippen molar-refractivity contribution in [3.05, 3.63) is 105 Å². The molecule has 0 radical (unpaired) electrons. The summed E-state index contributed by atoms with van der Waals surface area (Å²) >= 11 is 12.0. The van der Waals surface area contributed by atoms with E-state index in [0.717, 1.165) is 68.4 Å². The maximum Gasteiger partial charge on any atom is 0.335 e. The molecule has 18 heteroatoms. The normalized spacial score (nSPS) is 19.5. The summed E-state index contributed by atoms with van der Waals surface area (Å²) in [6.45, 7) is 9.39. The van der Waals surface area contributed by atoms with Crippen LogP contribution in [0.2, 0.25) is 0 Å². The Labute approximate surface area is 381 Å². The highest BCUT2D eigenvalue weighted by Crippen LogP contribution is 2.51. The molecule has 0 aromatic heterocycles. The molecule has 5 N–H and O–H groups in total. The smallest absolute Gasteiger partial charge is 0.335 e. The minimum atomic E-state index is -4.48. The van der Waals surface area contributed by atoms with E-state index in [0.29, 0.717) is 55.0 Å². The van der Waals surface area contributed by atoms with Crippen LogP contribution >= 0.6 is 36.9 Å². The Morgan fingerprint density at radius 3 is 2.16 bits per heavy atom. The lowest BCUT2D eigenvalue weighted by atomic mass is 9.78. The number of allylic oxidation sites excluding steroid dienone is 5. The standard InChI is InChI=1S/C45H48N4O10S4/c1-44(2)33-22-29(62-59-58-54)13-15-35(33)48-17-9-5-7-11-39(50)46-27-19-26(43(52)53)20-28(21-27)47-40(51)12-8-6-10-18-49-36-16-14-30(63(55,56)57)23-34(36)45(3,4)38(49)25-32-41(60)31(42(32)61)24-37(44)48/h13-16,19-25H,5-12,17-18H2,1-4H3,(H5-,46,47,50,51,52,53,54,55,56,57,60,61)/p+1. The van der Waals surface area contributed by atoms with Crippen molar-refractivity contribution in [1.82, 2.24) is 0 Å². The molecule has 0 saturated carbocycles. The van der Waals surface area contributed by atoms with Crippen LogP contribution < -0.4 is 15.5 Å². The van der Waals surface area contributed by atoms with E-state index in [-0.39, 0.29) is 46.5 Å². The van der Waals surface area contributed by atoms with Crippen molar-refractivity contribution in [1.29, 1.82) is 0 Å². The Bertz CT molecular complexity index is 2670. The molecule has 4 bridgehead atoms. The third-order valence-electron chi connectivity index (χ3n) is 12.1. The molecule has 0 fully saturated rings. The third-order valence-corrected chi connectivity index (χ3v) is 14.4. The van der Waals surface area contributed by atoms with E-state index in [2.05, 4.69) is 45.1 Å². The molecule has 332 valence electrons. The molecule has 3 aromatic carbocycles. The Morgan fingerprint density at radius 1 is 0.873 bits per heavy atom. The zero-order chi connectivity index (χ0) is 45.4. The van der Waals surface area contributed by atoms with Crippen LogP contribution in [0.1, 0.15) is 101 Å². The molecule has 4 aliphatic heterocycles. The SMILES string of the molecule is CC1(C)C2=CC3=C(S)C(=CC4=[N+](CCCCCC(=O)Nc5cc(cc(C(=O)O)c5)NC(=O)CCCCCN2c2ccc(S(=O)(=O)O)cc21)c1ccc(SOOO)cc1C4(C)C)C3=S. The van der Waals surface area contributed by atoms with Gasteiger partial charge >= 0.3 is 5.97 Å². The topological polar surface area (TPSA) is 195 Å². The first-order valence-corrected chi connectivity index (χ1v) is 23.6. The lowest BCUT2D eigenvalue weighted by Crippen LogP contribution is -2.31. The number of carbonyl (C=O) groups excluding carboxylic acids is 2. The summed E-state index contributed by atoms with van der Waals surface area (Å²) in [6.07, 6.45) is 8.36. The summed E-state index contributed by atoms with van der Waals surface area (Å²) in [7, 11) is -4.48. The van der Waals surface area contributed by atoms with E-state index >= 15 is 0 Å². The first kappa shape index (κ1) is 46.3. The molecule has 0 spiro atoms. The van der Waals surface area contributed by atoms with Crippen LogP contribution in [0.4, 0.5) is 22.7 Å². The van der Waals surface area contributed by atoms with Gasteiger partial charge in [0.25, 0.3) is 10.1 Å². The largest absolute Gasteiger partial charge is 0.478 e. The number of fused-ring (bicyclic) bond motifs is 14. The van der Waals surface area contributed by atoms with Crippen LogP contribution in [-0.4, -0.2) is 69.4 Å². The molecule has 4 heterocycles. The summed E-state index contributed by atoms with van der Waals surface area (Å²) in [5, 5.41) is 28.0. The van der Waals surface area contributed by atoms with Crippen LogP contribution in [0.25, 0.3) is 0 Å². The van der Waals surface area contributed by atoms with E-state index in [1.807, 2.05) is 38.1 Å². The number of aromatic carboxylic acids is 1. The number of carbonyl (C=O) groups is 3. The molecule has 0 atom stereocenters. The number of thiol groups is 1. The summed E-state index contributed by atoms with van der Waals surface area (Å²) in [4.78, 5) is 42.1. The summed E-state index contributed by atoms with van der Waals surface area (Å²) in [5.74, 6) is -1.77. The molecule has 8 rings (SSSR count). The molecule has 63 heavy (non-hydrogen) atoms. The number of amides is 2. The molecule has 0 unspecified atom stereocenters. The minimum Gasteiger partial charge on any atom is -0.478 e. The van der Waals surface area contributed by atoms with Gasteiger partial charge in [-0.15, -0.1) is 17.0 Å². The van der Waals surface area contributed by atoms with Crippen molar-refractivity contribution in [2.45, 2.75) is 99.7 Å². The van der Waals surface area contributed by atoms with Crippen LogP contribution in [0.15, 0.2) is 98.3 Å². The van der Waals surface area contributed by atoms with E-state index in [1.165, 1.54) is 24.3 Å². The van der Waals surface area contributed by atoms with Gasteiger partial charge in [-0.2, -0.15) is 13.0 Å². The Morgan fingerprint density at radius 2 is 1.54 bits per heavy atom. The van der Waals surface area contributed by atoms with Crippen molar-refractivity contribution >= 4 is 98.1 Å². The zero-order valence-electron chi connectivity index (χ0n) is 35.2. The van der Waals surface area contributed by atoms with Gasteiger partial charge in [0.2, 0.25) is 17.5 Å². The highest BCUT2D eigenvalue weighted by Gasteiger charge is 2.47. The molecule has 3 aromatic rings. The van der Waals surface area contributed by atoms with Crippen molar-refractivity contribution in [2.75, 3.05) is 28.6 Å². The number of thiocarbonyl (C=S) groups is 1. The van der Waals surface area contributed by atoms with Crippen molar-refractivity contribution in [3.63, 3.8) is 0 Å². The van der Waals surface area contributed by atoms with Crippen LogP contribution in [0.5, 0.6) is 0 Å². The highest BCUT2D eigenvalue weighted by atomic mass is 32.2. The van der Waals surface area contributed by atoms with Gasteiger partial charge in [0.05, 0.1) is 32.8 Å². The summed E-state index contributed by atoms with van der Waals surface area (Å²) < 4.78 is 41.5. The van der Waals surface area contributed by atoms with Gasteiger partial charge in [-0.25, -0.2) is 10.1 Å². The molecular formula is C45H49N4O10S4+. The number of rotatable bonds is 5. The molecule has 5 aliphatic rings. The third kappa shape index (κ3) is 9.59. The quantitative estimate of drug-likeness (QED) is 0.0270. The number of nitrogens with one attached hydrogen (secondary N) is 2. The second-order valence-corrected chi connectivity index (χ2v) is 20.0. The predicted octanol–water partition coefficient (Wildman–Crippen LogP) is 9.32. The first-order chi connectivity index (χ1) is 29.8. The Kier molecular flexibility index (Phi) is 13.6. The minimum absolute atomic E-state index is 0.0762. The van der Waals surface area contributed by atoms with Crippen molar-refractivity contribution < 1.29 is 51.7 Å². The first-order valence-electron chi connectivity index (χ1n) is 20.6. The second kappa shape index (κ2) is 18.4. The fourth-order valence-electron chi connectivity index (χ4n) is 8.77. The fourth-order valence-corrected chi connectivity index (χ4v) is 10.5. The van der Waals surface area contributed by atoms with Gasteiger partial charge in [-0.3, -0.25) is 14.1 Å². The van der Waals surface area contributed by atoms with E-state index in [1.54, 1.807) is 12.1 Å². The Balaban J connectivity index is 1.27. The fraction of sp³-hybridized carbons (Fsp3) is 0.356. The molecule has 2 amide bonds. The Hall–Kier alpha value is -4.66. The number of benzene rings is 3. The molecule has 1 aliphatic carbocycles. The van der Waals surface area contributed by atoms with E-state index in [4.69, 9.17) is 34.4 Å². The van der Waals surface area contributed by atoms with E-state index in [9.17, 15) is 32.5 Å².